The lowest BCUT2D eigenvalue weighted by Crippen LogP contribution is -2.21. The molecule has 3 N–H and O–H groups in total. The van der Waals surface area contributed by atoms with Gasteiger partial charge in [0.1, 0.15) is 0 Å². The molecule has 0 fully saturated rings. The Balaban J connectivity index is 1.78. The Bertz CT molecular complexity index is 434. The van der Waals surface area contributed by atoms with Gasteiger partial charge in [-0.05, 0) is 55.5 Å². The average molecular weight is 267 g/mol. The molecule has 1 aliphatic carbocycles. The van der Waals surface area contributed by atoms with E-state index in [1.54, 1.807) is 0 Å². The molecular weight excluding hydrogens is 248 g/mol. The molecule has 1 aromatic carbocycles. The van der Waals surface area contributed by atoms with E-state index >= 15 is 0 Å². The standard InChI is InChI=1S/C14H19ClN2O/c15-11-5-6-12-10(9-11)4-7-13(12)17-8-2-1-3-14(16)18/h5-6,9,13,17H,1-4,7-8H2,(H2,16,18). The van der Waals surface area contributed by atoms with Gasteiger partial charge in [0.05, 0.1) is 0 Å². The van der Waals surface area contributed by atoms with E-state index in [0.29, 0.717) is 12.5 Å². The second-order valence-electron chi connectivity index (χ2n) is 4.81. The van der Waals surface area contributed by atoms with Gasteiger partial charge >= 0.3 is 0 Å². The molecule has 1 unspecified atom stereocenters. The SMILES string of the molecule is NC(=O)CCCCNC1CCc2cc(Cl)ccc21. The van der Waals surface area contributed by atoms with Gasteiger partial charge < -0.3 is 11.1 Å². The minimum absolute atomic E-state index is 0.212. The summed E-state index contributed by atoms with van der Waals surface area (Å²) in [5.74, 6) is -0.212. The molecule has 98 valence electrons. The number of hydrogen-bond donors (Lipinski definition) is 2. The van der Waals surface area contributed by atoms with Gasteiger partial charge in [0, 0.05) is 17.5 Å². The Morgan fingerprint density at radius 3 is 3.06 bits per heavy atom. The van der Waals surface area contributed by atoms with Gasteiger partial charge in [-0.15, -0.1) is 0 Å². The maximum atomic E-state index is 10.6. The highest BCUT2D eigenvalue weighted by Crippen LogP contribution is 2.32. The fraction of sp³-hybridized carbons (Fsp3) is 0.500. The zero-order chi connectivity index (χ0) is 13.0. The molecule has 3 nitrogen and oxygen atoms in total. The number of nitrogens with one attached hydrogen (secondary N) is 1. The van der Waals surface area contributed by atoms with Crippen molar-refractivity contribution in [3.05, 3.63) is 34.3 Å². The molecular formula is C14H19ClN2O. The lowest BCUT2D eigenvalue weighted by Gasteiger charge is -2.13. The van der Waals surface area contributed by atoms with Crippen LogP contribution in [0.15, 0.2) is 18.2 Å². The molecule has 0 saturated carbocycles. The van der Waals surface area contributed by atoms with Crippen LogP contribution in [0.4, 0.5) is 0 Å². The number of nitrogens with two attached hydrogens (primary N) is 1. The van der Waals surface area contributed by atoms with Gasteiger partial charge in [-0.25, -0.2) is 0 Å². The van der Waals surface area contributed by atoms with Gasteiger partial charge in [-0.3, -0.25) is 4.79 Å². The van der Waals surface area contributed by atoms with Crippen LogP contribution in [-0.4, -0.2) is 12.5 Å². The van der Waals surface area contributed by atoms with Crippen LogP contribution < -0.4 is 11.1 Å². The van der Waals surface area contributed by atoms with Crippen LogP contribution in [0, 0.1) is 0 Å². The van der Waals surface area contributed by atoms with Crippen LogP contribution in [0.1, 0.15) is 42.9 Å². The number of benzene rings is 1. The van der Waals surface area contributed by atoms with Crippen molar-refractivity contribution in [2.24, 2.45) is 5.73 Å². The Kier molecular flexibility index (Phi) is 4.61. The highest BCUT2D eigenvalue weighted by Gasteiger charge is 2.21. The number of amides is 1. The molecule has 0 bridgehead atoms. The molecule has 18 heavy (non-hydrogen) atoms. The molecule has 0 radical (unpaired) electrons. The fourth-order valence-corrected chi connectivity index (χ4v) is 2.69. The molecule has 1 aliphatic rings. The first-order valence-electron chi connectivity index (χ1n) is 6.47. The van der Waals surface area contributed by atoms with E-state index in [1.807, 2.05) is 6.07 Å². The highest BCUT2D eigenvalue weighted by molar-refractivity contribution is 6.30. The summed E-state index contributed by atoms with van der Waals surface area (Å²) in [7, 11) is 0. The van der Waals surface area contributed by atoms with Crippen molar-refractivity contribution >= 4 is 17.5 Å². The number of primary amides is 1. The van der Waals surface area contributed by atoms with E-state index < -0.39 is 0 Å². The van der Waals surface area contributed by atoms with Crippen molar-refractivity contribution in [1.82, 2.24) is 5.32 Å². The monoisotopic (exact) mass is 266 g/mol. The summed E-state index contributed by atoms with van der Waals surface area (Å²) in [5, 5.41) is 4.35. The predicted octanol–water partition coefficient (Wildman–Crippen LogP) is 2.57. The van der Waals surface area contributed by atoms with E-state index in [4.69, 9.17) is 17.3 Å². The number of unbranched alkanes of at least 4 members (excludes halogenated alkanes) is 1. The molecule has 0 aliphatic heterocycles. The number of rotatable bonds is 6. The third-order valence-corrected chi connectivity index (χ3v) is 3.66. The van der Waals surface area contributed by atoms with Gasteiger partial charge in [0.15, 0.2) is 0 Å². The number of carbonyl (C=O) groups excluding carboxylic acids is 1. The molecule has 0 saturated heterocycles. The molecule has 0 spiro atoms. The summed E-state index contributed by atoms with van der Waals surface area (Å²) >= 11 is 5.98. The summed E-state index contributed by atoms with van der Waals surface area (Å²) in [5.41, 5.74) is 7.83. The molecule has 1 aromatic rings. The average Bonchev–Trinajstić information content (AvgIpc) is 2.70. The Labute approximate surface area is 113 Å². The van der Waals surface area contributed by atoms with Crippen LogP contribution in [0.5, 0.6) is 0 Å². The van der Waals surface area contributed by atoms with Crippen molar-refractivity contribution < 1.29 is 4.79 Å². The summed E-state index contributed by atoms with van der Waals surface area (Å²) in [6, 6.07) is 6.57. The van der Waals surface area contributed by atoms with E-state index in [0.717, 1.165) is 37.3 Å². The molecule has 2 rings (SSSR count). The number of carbonyl (C=O) groups is 1. The molecule has 0 aromatic heterocycles. The number of hydrogen-bond acceptors (Lipinski definition) is 2. The van der Waals surface area contributed by atoms with Gasteiger partial charge in [-0.2, -0.15) is 0 Å². The van der Waals surface area contributed by atoms with Crippen molar-refractivity contribution in [3.8, 4) is 0 Å². The van der Waals surface area contributed by atoms with Crippen LogP contribution in [0.3, 0.4) is 0 Å². The molecule has 0 heterocycles. The molecule has 1 amide bonds. The lowest BCUT2D eigenvalue weighted by molar-refractivity contribution is -0.118. The van der Waals surface area contributed by atoms with Crippen LogP contribution in [0.2, 0.25) is 5.02 Å². The molecule has 4 heteroatoms. The van der Waals surface area contributed by atoms with Crippen LogP contribution >= 0.6 is 11.6 Å². The van der Waals surface area contributed by atoms with E-state index in [9.17, 15) is 4.79 Å². The minimum atomic E-state index is -0.212. The number of fused-ring (bicyclic) bond motifs is 1. The first kappa shape index (κ1) is 13.4. The topological polar surface area (TPSA) is 55.1 Å². The predicted molar refractivity (Wildman–Crippen MR) is 73.6 cm³/mol. The van der Waals surface area contributed by atoms with Gasteiger partial charge in [-0.1, -0.05) is 17.7 Å². The molecule has 1 atom stereocenters. The van der Waals surface area contributed by atoms with Crippen LogP contribution in [0.25, 0.3) is 0 Å². The normalized spacial score (nSPS) is 17.7. The summed E-state index contributed by atoms with van der Waals surface area (Å²) < 4.78 is 0. The van der Waals surface area contributed by atoms with Crippen LogP contribution in [-0.2, 0) is 11.2 Å². The first-order valence-corrected chi connectivity index (χ1v) is 6.84. The zero-order valence-corrected chi connectivity index (χ0v) is 11.2. The zero-order valence-electron chi connectivity index (χ0n) is 10.4. The van der Waals surface area contributed by atoms with E-state index in [-0.39, 0.29) is 5.91 Å². The van der Waals surface area contributed by atoms with Crippen molar-refractivity contribution in [3.63, 3.8) is 0 Å². The smallest absolute Gasteiger partial charge is 0.217 e. The Hall–Kier alpha value is -1.06. The largest absolute Gasteiger partial charge is 0.370 e. The quantitative estimate of drug-likeness (QED) is 0.778. The van der Waals surface area contributed by atoms with Crippen molar-refractivity contribution in [1.29, 1.82) is 0 Å². The minimum Gasteiger partial charge on any atom is -0.370 e. The van der Waals surface area contributed by atoms with Gasteiger partial charge in [0.2, 0.25) is 5.91 Å². The second-order valence-corrected chi connectivity index (χ2v) is 5.25. The third kappa shape index (κ3) is 3.47. The fourth-order valence-electron chi connectivity index (χ4n) is 2.50. The van der Waals surface area contributed by atoms with Gasteiger partial charge in [0.25, 0.3) is 0 Å². The summed E-state index contributed by atoms with van der Waals surface area (Å²) in [6.45, 7) is 0.931. The Morgan fingerprint density at radius 1 is 1.44 bits per heavy atom. The maximum Gasteiger partial charge on any atom is 0.217 e. The first-order chi connectivity index (χ1) is 8.66. The van der Waals surface area contributed by atoms with E-state index in [1.165, 1.54) is 11.1 Å². The summed E-state index contributed by atoms with van der Waals surface area (Å²) in [4.78, 5) is 10.6. The Morgan fingerprint density at radius 2 is 2.28 bits per heavy atom. The third-order valence-electron chi connectivity index (χ3n) is 3.42. The number of aryl methyl sites for hydroxylation is 1. The van der Waals surface area contributed by atoms with Crippen molar-refractivity contribution in [2.45, 2.75) is 38.1 Å². The number of halogens is 1. The second kappa shape index (κ2) is 6.21. The highest BCUT2D eigenvalue weighted by atomic mass is 35.5. The van der Waals surface area contributed by atoms with Crippen molar-refractivity contribution in [2.75, 3.05) is 6.54 Å². The van der Waals surface area contributed by atoms with E-state index in [2.05, 4.69) is 17.4 Å². The summed E-state index contributed by atoms with van der Waals surface area (Å²) in [6.07, 6.45) is 4.56. The lowest BCUT2D eigenvalue weighted by atomic mass is 10.1. The maximum absolute atomic E-state index is 10.6.